The fourth-order valence-corrected chi connectivity index (χ4v) is 2.36. The lowest BCUT2D eigenvalue weighted by Gasteiger charge is -2.29. The monoisotopic (exact) mass is 329 g/mol. The molecule has 0 bridgehead atoms. The molecule has 0 fully saturated rings. The van der Waals surface area contributed by atoms with Crippen molar-refractivity contribution in [2.75, 3.05) is 13.1 Å². The van der Waals surface area contributed by atoms with Crippen LogP contribution in [-0.4, -0.2) is 35.7 Å². The number of benzene rings is 1. The zero-order chi connectivity index (χ0) is 16.3. The topological polar surface area (TPSA) is 49.8 Å². The standard InChI is InChI=1S/C15H14ClF2NO3/c1-9-2-5-12(19(7-9)8-14(20)21)10-3-4-11(16)13(6-10)22-15(17)18/h2-6,15H,7-8H2,1H3,(H,20,21). The molecule has 118 valence electrons. The molecule has 0 radical (unpaired) electrons. The van der Waals surface area contributed by atoms with Gasteiger partial charge in [-0.3, -0.25) is 4.79 Å². The number of hydrogen-bond donors (Lipinski definition) is 1. The number of carboxylic acids is 1. The molecule has 0 atom stereocenters. The second-order valence-corrected chi connectivity index (χ2v) is 5.25. The quantitative estimate of drug-likeness (QED) is 0.896. The Kier molecular flexibility index (Phi) is 5.03. The van der Waals surface area contributed by atoms with Crippen LogP contribution >= 0.6 is 11.6 Å². The molecule has 0 aromatic heterocycles. The van der Waals surface area contributed by atoms with Crippen molar-refractivity contribution in [1.82, 2.24) is 4.90 Å². The SMILES string of the molecule is CC1=CC=C(c2ccc(Cl)c(OC(F)F)c2)N(CC(=O)O)C1. The summed E-state index contributed by atoms with van der Waals surface area (Å²) in [6.07, 6.45) is 3.60. The minimum absolute atomic E-state index is 0.0666. The average molecular weight is 330 g/mol. The van der Waals surface area contributed by atoms with Gasteiger partial charge in [0.25, 0.3) is 0 Å². The van der Waals surface area contributed by atoms with Gasteiger partial charge in [-0.25, -0.2) is 0 Å². The molecule has 2 rings (SSSR count). The zero-order valence-electron chi connectivity index (χ0n) is 11.7. The molecule has 1 aromatic rings. The van der Waals surface area contributed by atoms with Gasteiger partial charge in [-0.05, 0) is 25.1 Å². The Balaban J connectivity index is 2.37. The number of aliphatic carboxylic acids is 1. The maximum Gasteiger partial charge on any atom is 0.387 e. The molecule has 0 spiro atoms. The van der Waals surface area contributed by atoms with Gasteiger partial charge in [-0.1, -0.05) is 29.3 Å². The van der Waals surface area contributed by atoms with E-state index in [1.165, 1.54) is 12.1 Å². The third-order valence-electron chi connectivity index (χ3n) is 3.08. The number of alkyl halides is 2. The number of nitrogens with zero attached hydrogens (tertiary/aromatic N) is 1. The van der Waals surface area contributed by atoms with E-state index in [0.29, 0.717) is 17.8 Å². The highest BCUT2D eigenvalue weighted by molar-refractivity contribution is 6.32. The summed E-state index contributed by atoms with van der Waals surface area (Å²) in [6.45, 7) is -0.837. The van der Waals surface area contributed by atoms with E-state index in [-0.39, 0.29) is 17.3 Å². The molecule has 1 aliphatic heterocycles. The van der Waals surface area contributed by atoms with Crippen molar-refractivity contribution in [3.05, 3.63) is 46.5 Å². The van der Waals surface area contributed by atoms with E-state index in [4.69, 9.17) is 16.7 Å². The van der Waals surface area contributed by atoms with Crippen molar-refractivity contribution in [1.29, 1.82) is 0 Å². The highest BCUT2D eigenvalue weighted by Crippen LogP contribution is 2.32. The van der Waals surface area contributed by atoms with Gasteiger partial charge in [0.05, 0.1) is 5.02 Å². The van der Waals surface area contributed by atoms with Crippen LogP contribution in [0.2, 0.25) is 5.02 Å². The van der Waals surface area contributed by atoms with Crippen LogP contribution in [0, 0.1) is 0 Å². The summed E-state index contributed by atoms with van der Waals surface area (Å²) < 4.78 is 29.1. The van der Waals surface area contributed by atoms with E-state index in [2.05, 4.69) is 4.74 Å². The molecule has 7 heteroatoms. The molecule has 1 aliphatic rings. The predicted molar refractivity (Wildman–Crippen MR) is 79.0 cm³/mol. The third kappa shape index (κ3) is 3.98. The van der Waals surface area contributed by atoms with Crippen LogP contribution in [0.5, 0.6) is 5.75 Å². The lowest BCUT2D eigenvalue weighted by atomic mass is 10.0. The zero-order valence-corrected chi connectivity index (χ0v) is 12.5. The molecule has 1 N–H and O–H groups in total. The van der Waals surface area contributed by atoms with Crippen LogP contribution in [0.25, 0.3) is 5.70 Å². The Bertz CT molecular complexity index is 642. The lowest BCUT2D eigenvalue weighted by molar-refractivity contribution is -0.137. The van der Waals surface area contributed by atoms with Gasteiger partial charge in [0.15, 0.2) is 0 Å². The number of carboxylic acid groups (broad SMARTS) is 1. The first kappa shape index (κ1) is 16.3. The molecule has 4 nitrogen and oxygen atoms in total. The molecule has 1 heterocycles. The minimum atomic E-state index is -2.98. The molecule has 0 amide bonds. The summed E-state index contributed by atoms with van der Waals surface area (Å²) in [5.41, 5.74) is 2.18. The molecule has 0 aliphatic carbocycles. The summed E-state index contributed by atoms with van der Waals surface area (Å²) in [5.74, 6) is -1.12. The van der Waals surface area contributed by atoms with Crippen molar-refractivity contribution in [3.63, 3.8) is 0 Å². The van der Waals surface area contributed by atoms with E-state index < -0.39 is 12.6 Å². The number of hydrogen-bond acceptors (Lipinski definition) is 3. The maximum absolute atomic E-state index is 12.4. The van der Waals surface area contributed by atoms with Crippen LogP contribution in [-0.2, 0) is 4.79 Å². The Morgan fingerprint density at radius 1 is 1.45 bits per heavy atom. The number of allylic oxidation sites excluding steroid dienone is 2. The van der Waals surface area contributed by atoms with Gasteiger partial charge in [-0.15, -0.1) is 0 Å². The van der Waals surface area contributed by atoms with E-state index in [0.717, 1.165) is 5.57 Å². The fraction of sp³-hybridized carbons (Fsp3) is 0.267. The Labute approximate surface area is 131 Å². The van der Waals surface area contributed by atoms with E-state index >= 15 is 0 Å². The molecular weight excluding hydrogens is 316 g/mol. The molecule has 22 heavy (non-hydrogen) atoms. The summed E-state index contributed by atoms with van der Waals surface area (Å²) >= 11 is 5.83. The Morgan fingerprint density at radius 3 is 2.82 bits per heavy atom. The number of halogens is 3. The third-order valence-corrected chi connectivity index (χ3v) is 3.39. The van der Waals surface area contributed by atoms with Crippen molar-refractivity contribution >= 4 is 23.3 Å². The van der Waals surface area contributed by atoms with Gasteiger partial charge in [0.1, 0.15) is 12.3 Å². The smallest absolute Gasteiger partial charge is 0.387 e. The van der Waals surface area contributed by atoms with Crippen molar-refractivity contribution in [3.8, 4) is 5.75 Å². The van der Waals surface area contributed by atoms with E-state index in [9.17, 15) is 13.6 Å². The van der Waals surface area contributed by atoms with Crippen molar-refractivity contribution < 1.29 is 23.4 Å². The van der Waals surface area contributed by atoms with Crippen LogP contribution in [0.3, 0.4) is 0 Å². The molecule has 0 saturated carbocycles. The van der Waals surface area contributed by atoms with Crippen molar-refractivity contribution in [2.24, 2.45) is 0 Å². The summed E-state index contributed by atoms with van der Waals surface area (Å²) in [6, 6.07) is 4.46. The highest BCUT2D eigenvalue weighted by Gasteiger charge is 2.19. The van der Waals surface area contributed by atoms with Crippen LogP contribution in [0.15, 0.2) is 35.9 Å². The average Bonchev–Trinajstić information content (AvgIpc) is 2.40. The van der Waals surface area contributed by atoms with Gasteiger partial charge in [0.2, 0.25) is 0 Å². The lowest BCUT2D eigenvalue weighted by Crippen LogP contribution is -2.31. The molecular formula is C15H14ClF2NO3. The van der Waals surface area contributed by atoms with Gasteiger partial charge in [-0.2, -0.15) is 8.78 Å². The minimum Gasteiger partial charge on any atom is -0.480 e. The predicted octanol–water partition coefficient (Wildman–Crippen LogP) is 3.63. The van der Waals surface area contributed by atoms with Gasteiger partial charge >= 0.3 is 12.6 Å². The summed E-state index contributed by atoms with van der Waals surface area (Å²) in [5, 5.41) is 9.07. The second-order valence-electron chi connectivity index (χ2n) is 4.84. The van der Waals surface area contributed by atoms with Crippen molar-refractivity contribution in [2.45, 2.75) is 13.5 Å². The molecule has 0 unspecified atom stereocenters. The fourth-order valence-electron chi connectivity index (χ4n) is 2.20. The summed E-state index contributed by atoms with van der Waals surface area (Å²) in [4.78, 5) is 12.6. The van der Waals surface area contributed by atoms with Gasteiger partial charge in [0, 0.05) is 17.8 Å². The normalized spacial score (nSPS) is 14.7. The van der Waals surface area contributed by atoms with E-state index in [1.807, 2.05) is 13.0 Å². The highest BCUT2D eigenvalue weighted by atomic mass is 35.5. The Morgan fingerprint density at radius 2 is 2.18 bits per heavy atom. The van der Waals surface area contributed by atoms with Crippen LogP contribution in [0.4, 0.5) is 8.78 Å². The first-order valence-electron chi connectivity index (χ1n) is 6.45. The van der Waals surface area contributed by atoms with Crippen LogP contribution < -0.4 is 4.74 Å². The van der Waals surface area contributed by atoms with E-state index in [1.54, 1.807) is 17.0 Å². The molecule has 1 aromatic carbocycles. The summed E-state index contributed by atoms with van der Waals surface area (Å²) in [7, 11) is 0. The number of ether oxygens (including phenoxy) is 1. The largest absolute Gasteiger partial charge is 0.480 e. The van der Waals surface area contributed by atoms with Gasteiger partial charge < -0.3 is 14.7 Å². The molecule has 0 saturated heterocycles. The number of rotatable bonds is 5. The second kappa shape index (κ2) is 6.79. The first-order chi connectivity index (χ1) is 10.4. The van der Waals surface area contributed by atoms with Crippen LogP contribution in [0.1, 0.15) is 12.5 Å². The first-order valence-corrected chi connectivity index (χ1v) is 6.83. The Hall–Kier alpha value is -2.08. The maximum atomic E-state index is 12.4. The number of carbonyl (C=O) groups is 1.